The molecule has 1 aliphatic carbocycles. The van der Waals surface area contributed by atoms with Crippen LogP contribution in [-0.2, 0) is 4.79 Å². The number of carbonyl (C=O) groups is 1. The van der Waals surface area contributed by atoms with E-state index in [9.17, 15) is 4.79 Å². The van der Waals surface area contributed by atoms with Gasteiger partial charge in [-0.15, -0.1) is 0 Å². The van der Waals surface area contributed by atoms with Crippen LogP contribution in [0.3, 0.4) is 0 Å². The maximum Gasteiger partial charge on any atom is 0.225 e. The molecule has 1 rings (SSSR count). The summed E-state index contributed by atoms with van der Waals surface area (Å²) < 4.78 is 0. The van der Waals surface area contributed by atoms with Gasteiger partial charge >= 0.3 is 0 Å². The van der Waals surface area contributed by atoms with Gasteiger partial charge in [-0.2, -0.15) is 5.26 Å². The van der Waals surface area contributed by atoms with Crippen molar-refractivity contribution in [3.8, 4) is 6.07 Å². The van der Waals surface area contributed by atoms with Crippen LogP contribution in [0.15, 0.2) is 0 Å². The van der Waals surface area contributed by atoms with E-state index in [2.05, 4.69) is 39.1 Å². The summed E-state index contributed by atoms with van der Waals surface area (Å²) in [6.07, 6.45) is 0. The van der Waals surface area contributed by atoms with Gasteiger partial charge in [0.2, 0.25) is 5.91 Å². The smallest absolute Gasteiger partial charge is 0.225 e. The van der Waals surface area contributed by atoms with Gasteiger partial charge in [0.1, 0.15) is 5.54 Å². The largest absolute Gasteiger partial charge is 0.338 e. The highest BCUT2D eigenvalue weighted by Gasteiger charge is 2.68. The van der Waals surface area contributed by atoms with Gasteiger partial charge in [0.05, 0.1) is 6.07 Å². The second-order valence-electron chi connectivity index (χ2n) is 6.10. The van der Waals surface area contributed by atoms with Crippen LogP contribution in [0.1, 0.15) is 41.5 Å². The summed E-state index contributed by atoms with van der Waals surface area (Å²) in [5.41, 5.74) is -0.711. The Kier molecular flexibility index (Phi) is 2.39. The van der Waals surface area contributed by atoms with Crippen LogP contribution in [0.25, 0.3) is 0 Å². The van der Waals surface area contributed by atoms with Crippen molar-refractivity contribution in [1.29, 1.82) is 5.26 Å². The molecule has 1 N–H and O–H groups in total. The molecular formula is C12H20N2O. The van der Waals surface area contributed by atoms with Gasteiger partial charge in [-0.3, -0.25) is 4.79 Å². The number of hydrogen-bond donors (Lipinski definition) is 1. The fraction of sp³-hybridized carbons (Fsp3) is 0.833. The minimum Gasteiger partial charge on any atom is -0.338 e. The standard InChI is InChI=1S/C12H20N2O/c1-10(2,7-13)14-9(15)8-11(3,4)12(8,5)6/h8H,1-6H3,(H,14,15). The van der Waals surface area contributed by atoms with Crippen LogP contribution < -0.4 is 5.32 Å². The molecule has 0 unspecified atom stereocenters. The van der Waals surface area contributed by atoms with Crippen molar-refractivity contribution in [2.75, 3.05) is 0 Å². The number of rotatable bonds is 2. The normalized spacial score (nSPS) is 23.0. The molecule has 0 aromatic heterocycles. The maximum absolute atomic E-state index is 11.9. The van der Waals surface area contributed by atoms with Crippen molar-refractivity contribution >= 4 is 5.91 Å². The molecule has 84 valence electrons. The summed E-state index contributed by atoms with van der Waals surface area (Å²) >= 11 is 0. The Morgan fingerprint density at radius 2 is 1.67 bits per heavy atom. The van der Waals surface area contributed by atoms with E-state index >= 15 is 0 Å². The molecule has 15 heavy (non-hydrogen) atoms. The van der Waals surface area contributed by atoms with E-state index in [0.29, 0.717) is 0 Å². The predicted molar refractivity (Wildman–Crippen MR) is 58.9 cm³/mol. The first-order valence-corrected chi connectivity index (χ1v) is 5.29. The summed E-state index contributed by atoms with van der Waals surface area (Å²) in [5, 5.41) is 11.6. The lowest BCUT2D eigenvalue weighted by Crippen LogP contribution is -2.43. The first-order valence-electron chi connectivity index (χ1n) is 5.29. The van der Waals surface area contributed by atoms with Gasteiger partial charge in [-0.1, -0.05) is 27.7 Å². The predicted octanol–water partition coefficient (Wildman–Crippen LogP) is 2.09. The highest BCUT2D eigenvalue weighted by molar-refractivity contribution is 5.85. The van der Waals surface area contributed by atoms with E-state index in [1.165, 1.54) is 0 Å². The highest BCUT2D eigenvalue weighted by atomic mass is 16.2. The second-order valence-corrected chi connectivity index (χ2v) is 6.10. The molecule has 1 fully saturated rings. The van der Waals surface area contributed by atoms with Gasteiger partial charge in [0.15, 0.2) is 0 Å². The zero-order chi connectivity index (χ0) is 12.1. The lowest BCUT2D eigenvalue weighted by Gasteiger charge is -2.18. The zero-order valence-electron chi connectivity index (χ0n) is 10.4. The Balaban J connectivity index is 2.72. The Hall–Kier alpha value is -1.04. The number of amides is 1. The Morgan fingerprint density at radius 3 is 1.93 bits per heavy atom. The third kappa shape index (κ3) is 1.73. The third-order valence-corrected chi connectivity index (χ3v) is 4.00. The summed E-state index contributed by atoms with van der Waals surface area (Å²) in [7, 11) is 0. The molecule has 0 aromatic carbocycles. The number of hydrogen-bond acceptors (Lipinski definition) is 2. The molecule has 0 atom stereocenters. The number of nitriles is 1. The second kappa shape index (κ2) is 2.98. The molecule has 1 aliphatic rings. The van der Waals surface area contributed by atoms with Crippen molar-refractivity contribution < 1.29 is 4.79 Å². The van der Waals surface area contributed by atoms with Crippen molar-refractivity contribution in [2.24, 2.45) is 16.7 Å². The Morgan fingerprint density at radius 1 is 1.27 bits per heavy atom. The number of nitrogens with one attached hydrogen (secondary N) is 1. The summed E-state index contributed by atoms with van der Waals surface area (Å²) in [6, 6.07) is 2.08. The van der Waals surface area contributed by atoms with Gasteiger partial charge in [0.25, 0.3) is 0 Å². The maximum atomic E-state index is 11.9. The number of carbonyl (C=O) groups excluding carboxylic acids is 1. The quantitative estimate of drug-likeness (QED) is 0.755. The number of nitrogens with zero attached hydrogens (tertiary/aromatic N) is 1. The van der Waals surface area contributed by atoms with E-state index in [4.69, 9.17) is 5.26 Å². The molecule has 3 heteroatoms. The van der Waals surface area contributed by atoms with Gasteiger partial charge in [-0.05, 0) is 24.7 Å². The molecule has 0 bridgehead atoms. The third-order valence-electron chi connectivity index (χ3n) is 4.00. The molecule has 0 aromatic rings. The van der Waals surface area contributed by atoms with Crippen molar-refractivity contribution in [1.82, 2.24) is 5.32 Å². The fourth-order valence-electron chi connectivity index (χ4n) is 2.26. The highest BCUT2D eigenvalue weighted by Crippen LogP contribution is 2.68. The first kappa shape index (κ1) is 12.0. The zero-order valence-corrected chi connectivity index (χ0v) is 10.4. The summed E-state index contributed by atoms with van der Waals surface area (Å²) in [4.78, 5) is 11.9. The van der Waals surface area contributed by atoms with E-state index in [-0.39, 0.29) is 22.7 Å². The molecule has 0 radical (unpaired) electrons. The Labute approximate surface area is 91.9 Å². The minimum absolute atomic E-state index is 0.00319. The van der Waals surface area contributed by atoms with Crippen LogP contribution in [0.5, 0.6) is 0 Å². The lowest BCUT2D eigenvalue weighted by molar-refractivity contribution is -0.124. The van der Waals surface area contributed by atoms with Crippen LogP contribution in [-0.4, -0.2) is 11.4 Å². The SMILES string of the molecule is CC(C)(C#N)NC(=O)C1C(C)(C)C1(C)C. The summed E-state index contributed by atoms with van der Waals surface area (Å²) in [5.74, 6) is 0.00850. The minimum atomic E-state index is -0.772. The van der Waals surface area contributed by atoms with Crippen molar-refractivity contribution in [2.45, 2.75) is 47.1 Å². The van der Waals surface area contributed by atoms with Crippen LogP contribution in [0, 0.1) is 28.1 Å². The molecule has 0 saturated heterocycles. The molecule has 0 aliphatic heterocycles. The van der Waals surface area contributed by atoms with E-state index < -0.39 is 5.54 Å². The average Bonchev–Trinajstić information content (AvgIpc) is 2.41. The molecule has 1 saturated carbocycles. The fourth-order valence-corrected chi connectivity index (χ4v) is 2.26. The van der Waals surface area contributed by atoms with Gasteiger partial charge < -0.3 is 5.32 Å². The van der Waals surface area contributed by atoms with E-state index in [1.807, 2.05) is 0 Å². The molecule has 1 amide bonds. The summed E-state index contributed by atoms with van der Waals surface area (Å²) in [6.45, 7) is 11.8. The van der Waals surface area contributed by atoms with E-state index in [0.717, 1.165) is 0 Å². The first-order chi connectivity index (χ1) is 6.56. The van der Waals surface area contributed by atoms with Crippen molar-refractivity contribution in [3.63, 3.8) is 0 Å². The molecule has 3 nitrogen and oxygen atoms in total. The van der Waals surface area contributed by atoms with Crippen molar-refractivity contribution in [3.05, 3.63) is 0 Å². The Bertz CT molecular complexity index is 320. The topological polar surface area (TPSA) is 52.9 Å². The van der Waals surface area contributed by atoms with Crippen LogP contribution in [0.4, 0.5) is 0 Å². The van der Waals surface area contributed by atoms with Crippen LogP contribution >= 0.6 is 0 Å². The average molecular weight is 208 g/mol. The molecule has 0 heterocycles. The molecular weight excluding hydrogens is 188 g/mol. The van der Waals surface area contributed by atoms with Gasteiger partial charge in [0, 0.05) is 5.92 Å². The molecule has 0 spiro atoms. The van der Waals surface area contributed by atoms with Crippen LogP contribution in [0.2, 0.25) is 0 Å². The monoisotopic (exact) mass is 208 g/mol. The van der Waals surface area contributed by atoms with Gasteiger partial charge in [-0.25, -0.2) is 0 Å². The van der Waals surface area contributed by atoms with E-state index in [1.54, 1.807) is 13.8 Å². The lowest BCUT2D eigenvalue weighted by atomic mass is 10.0.